The summed E-state index contributed by atoms with van der Waals surface area (Å²) in [4.78, 5) is 0. The van der Waals surface area contributed by atoms with Crippen LogP contribution in [0.2, 0.25) is 0 Å². The molecule has 1 heterocycles. The van der Waals surface area contributed by atoms with Gasteiger partial charge in [0.25, 0.3) is 0 Å². The molecule has 0 bridgehead atoms. The van der Waals surface area contributed by atoms with Crippen molar-refractivity contribution in [1.29, 1.82) is 0 Å². The molecule has 2 heteroatoms. The smallest absolute Gasteiger partial charge is 0.138 e. The van der Waals surface area contributed by atoms with Gasteiger partial charge in [-0.15, -0.1) is 0 Å². The summed E-state index contributed by atoms with van der Waals surface area (Å²) in [6.07, 6.45) is 5.17. The van der Waals surface area contributed by atoms with Crippen molar-refractivity contribution in [3.8, 4) is 5.75 Å². The zero-order chi connectivity index (χ0) is 9.54. The van der Waals surface area contributed by atoms with Gasteiger partial charge in [0.15, 0.2) is 0 Å². The number of para-hydroxylation sites is 1. The first-order valence-electron chi connectivity index (χ1n) is 5.44. The molecule has 3 rings (SSSR count). The quantitative estimate of drug-likeness (QED) is 0.615. The van der Waals surface area contributed by atoms with E-state index in [9.17, 15) is 5.11 Å². The minimum atomic E-state index is 0.414. The molecule has 1 aliphatic heterocycles. The van der Waals surface area contributed by atoms with E-state index in [1.54, 1.807) is 6.07 Å². The molecule has 0 aromatic heterocycles. The Morgan fingerprint density at radius 3 is 3.00 bits per heavy atom. The molecular formula is C12H15NO. The molecule has 1 saturated carbocycles. The average Bonchev–Trinajstić information content (AvgIpc) is 2.59. The fourth-order valence-electron chi connectivity index (χ4n) is 2.89. The molecule has 1 aromatic rings. The monoisotopic (exact) mass is 189 g/mol. The van der Waals surface area contributed by atoms with Crippen LogP contribution in [0.25, 0.3) is 0 Å². The summed E-state index contributed by atoms with van der Waals surface area (Å²) in [5, 5.41) is 13.2. The second kappa shape index (κ2) is 2.91. The first kappa shape index (κ1) is 8.16. The standard InChI is InChI=1S/C12H15NO/c14-11-7-3-5-9-8-4-1-2-6-10(8)13-12(9)11/h3,5,7-8,10,13-14H,1-2,4,6H2. The zero-order valence-electron chi connectivity index (χ0n) is 8.16. The summed E-state index contributed by atoms with van der Waals surface area (Å²) < 4.78 is 0. The Balaban J connectivity index is 2.05. The lowest BCUT2D eigenvalue weighted by molar-refractivity contribution is 0.422. The molecule has 1 aromatic carbocycles. The summed E-state index contributed by atoms with van der Waals surface area (Å²) in [6, 6.07) is 6.45. The molecule has 0 spiro atoms. The molecule has 14 heavy (non-hydrogen) atoms. The van der Waals surface area contributed by atoms with Crippen LogP contribution in [0, 0.1) is 0 Å². The van der Waals surface area contributed by atoms with Gasteiger partial charge in [0.1, 0.15) is 5.75 Å². The van der Waals surface area contributed by atoms with E-state index in [0.29, 0.717) is 17.7 Å². The molecule has 0 radical (unpaired) electrons. The number of phenolic OH excluding ortho intramolecular Hbond substituents is 1. The molecule has 2 atom stereocenters. The van der Waals surface area contributed by atoms with E-state index < -0.39 is 0 Å². The van der Waals surface area contributed by atoms with Gasteiger partial charge in [0, 0.05) is 12.0 Å². The first-order chi connectivity index (χ1) is 6.86. The van der Waals surface area contributed by atoms with Gasteiger partial charge in [-0.05, 0) is 24.5 Å². The predicted octanol–water partition coefficient (Wildman–Crippen LogP) is 2.84. The fraction of sp³-hybridized carbons (Fsp3) is 0.500. The molecule has 2 unspecified atom stereocenters. The van der Waals surface area contributed by atoms with E-state index in [-0.39, 0.29) is 0 Å². The van der Waals surface area contributed by atoms with E-state index >= 15 is 0 Å². The van der Waals surface area contributed by atoms with Crippen molar-refractivity contribution in [2.75, 3.05) is 5.32 Å². The molecule has 0 saturated heterocycles. The molecule has 74 valence electrons. The van der Waals surface area contributed by atoms with E-state index in [1.165, 1.54) is 31.2 Å². The van der Waals surface area contributed by atoms with Crippen molar-refractivity contribution in [1.82, 2.24) is 0 Å². The molecule has 0 amide bonds. The number of hydrogen-bond donors (Lipinski definition) is 2. The van der Waals surface area contributed by atoms with Gasteiger partial charge in [-0.3, -0.25) is 0 Å². The Bertz CT molecular complexity index is 361. The number of rotatable bonds is 0. The number of aromatic hydroxyl groups is 1. The van der Waals surface area contributed by atoms with Gasteiger partial charge in [0.05, 0.1) is 5.69 Å². The highest BCUT2D eigenvalue weighted by Gasteiger charge is 2.34. The van der Waals surface area contributed by atoms with E-state index in [2.05, 4.69) is 11.4 Å². The average molecular weight is 189 g/mol. The van der Waals surface area contributed by atoms with Gasteiger partial charge < -0.3 is 10.4 Å². The largest absolute Gasteiger partial charge is 0.506 e. The minimum Gasteiger partial charge on any atom is -0.506 e. The van der Waals surface area contributed by atoms with Crippen LogP contribution in [0.3, 0.4) is 0 Å². The molecule has 2 aliphatic rings. The number of fused-ring (bicyclic) bond motifs is 3. The Labute approximate surface area is 84.0 Å². The Hall–Kier alpha value is -1.18. The number of anilines is 1. The topological polar surface area (TPSA) is 32.3 Å². The molecule has 1 aliphatic carbocycles. The highest BCUT2D eigenvalue weighted by molar-refractivity contribution is 5.67. The van der Waals surface area contributed by atoms with Gasteiger partial charge in [0.2, 0.25) is 0 Å². The third-order valence-corrected chi connectivity index (χ3v) is 3.57. The molecule has 2 N–H and O–H groups in total. The highest BCUT2D eigenvalue weighted by atomic mass is 16.3. The van der Waals surface area contributed by atoms with Crippen LogP contribution in [-0.2, 0) is 0 Å². The van der Waals surface area contributed by atoms with Crippen LogP contribution >= 0.6 is 0 Å². The van der Waals surface area contributed by atoms with Crippen molar-refractivity contribution in [2.45, 2.75) is 37.6 Å². The lowest BCUT2D eigenvalue weighted by Gasteiger charge is -2.25. The number of benzene rings is 1. The van der Waals surface area contributed by atoms with Crippen molar-refractivity contribution in [3.63, 3.8) is 0 Å². The maximum Gasteiger partial charge on any atom is 0.138 e. The fourth-order valence-corrected chi connectivity index (χ4v) is 2.89. The van der Waals surface area contributed by atoms with Crippen LogP contribution in [-0.4, -0.2) is 11.1 Å². The summed E-state index contributed by atoms with van der Waals surface area (Å²) in [5.74, 6) is 1.06. The lowest BCUT2D eigenvalue weighted by Crippen LogP contribution is -2.23. The van der Waals surface area contributed by atoms with E-state index in [0.717, 1.165) is 5.69 Å². The lowest BCUT2D eigenvalue weighted by atomic mass is 9.83. The molecular weight excluding hydrogens is 174 g/mol. The van der Waals surface area contributed by atoms with E-state index in [1.807, 2.05) is 6.07 Å². The van der Waals surface area contributed by atoms with Gasteiger partial charge in [-0.1, -0.05) is 25.0 Å². The minimum absolute atomic E-state index is 0.414. The highest BCUT2D eigenvalue weighted by Crippen LogP contribution is 2.46. The summed E-state index contributed by atoms with van der Waals surface area (Å²) in [7, 11) is 0. The third-order valence-electron chi connectivity index (χ3n) is 3.57. The van der Waals surface area contributed by atoms with Crippen molar-refractivity contribution < 1.29 is 5.11 Å². The maximum absolute atomic E-state index is 9.72. The van der Waals surface area contributed by atoms with Crippen LogP contribution < -0.4 is 5.32 Å². The summed E-state index contributed by atoms with van der Waals surface area (Å²) >= 11 is 0. The van der Waals surface area contributed by atoms with Crippen LogP contribution in [0.1, 0.15) is 37.2 Å². The van der Waals surface area contributed by atoms with Gasteiger partial charge >= 0.3 is 0 Å². The van der Waals surface area contributed by atoms with Crippen molar-refractivity contribution >= 4 is 5.69 Å². The third kappa shape index (κ3) is 1.03. The second-order valence-electron chi connectivity index (χ2n) is 4.38. The second-order valence-corrected chi connectivity index (χ2v) is 4.38. The Kier molecular flexibility index (Phi) is 1.69. The van der Waals surface area contributed by atoms with Gasteiger partial charge in [-0.25, -0.2) is 0 Å². The number of phenols is 1. The van der Waals surface area contributed by atoms with Gasteiger partial charge in [-0.2, -0.15) is 0 Å². The van der Waals surface area contributed by atoms with Crippen LogP contribution in [0.15, 0.2) is 18.2 Å². The Morgan fingerprint density at radius 1 is 1.21 bits per heavy atom. The Morgan fingerprint density at radius 2 is 2.07 bits per heavy atom. The SMILES string of the molecule is Oc1cccc2c1NC1CCCCC21. The number of hydrogen-bond acceptors (Lipinski definition) is 2. The molecule has 1 fully saturated rings. The number of nitrogens with one attached hydrogen (secondary N) is 1. The normalized spacial score (nSPS) is 29.1. The van der Waals surface area contributed by atoms with E-state index in [4.69, 9.17) is 0 Å². The summed E-state index contributed by atoms with van der Waals surface area (Å²) in [6.45, 7) is 0. The van der Waals surface area contributed by atoms with Crippen LogP contribution in [0.5, 0.6) is 5.75 Å². The van der Waals surface area contributed by atoms with Crippen LogP contribution in [0.4, 0.5) is 5.69 Å². The first-order valence-corrected chi connectivity index (χ1v) is 5.44. The summed E-state index contributed by atoms with van der Waals surface area (Å²) in [5.41, 5.74) is 2.32. The maximum atomic E-state index is 9.72. The molecule has 2 nitrogen and oxygen atoms in total. The predicted molar refractivity (Wildman–Crippen MR) is 56.7 cm³/mol. The van der Waals surface area contributed by atoms with Crippen molar-refractivity contribution in [2.24, 2.45) is 0 Å². The van der Waals surface area contributed by atoms with Crippen molar-refractivity contribution in [3.05, 3.63) is 23.8 Å². The zero-order valence-corrected chi connectivity index (χ0v) is 8.16.